The van der Waals surface area contributed by atoms with E-state index in [-0.39, 0.29) is 0 Å². The van der Waals surface area contributed by atoms with Crippen LogP contribution in [0.3, 0.4) is 0 Å². The van der Waals surface area contributed by atoms with E-state index in [0.29, 0.717) is 11.1 Å². The summed E-state index contributed by atoms with van der Waals surface area (Å²) in [7, 11) is 0. The molecular formula is C48H25N7S. The first kappa shape index (κ1) is 30.9. The standard InChI is InChI=1S/C48H25N7S/c49-25-28-12-16-39-33(22-28)34-23-29(26-50)13-17-40(34)54(39)30-14-15-35-44(24-30)56-43-11-3-10-41(55-38-9-2-1-6-31(38)32-18-21-51-27-42(32)55)45(43)48(35)36-7-4-19-52-46(36)47-37(48)8-5-20-53-47/h1-24,27H. The highest BCUT2D eigenvalue weighted by Gasteiger charge is 2.53. The monoisotopic (exact) mass is 731 g/mol. The minimum absolute atomic E-state index is 0.578. The lowest BCUT2D eigenvalue weighted by atomic mass is 9.67. The van der Waals surface area contributed by atoms with Gasteiger partial charge >= 0.3 is 0 Å². The van der Waals surface area contributed by atoms with E-state index in [1.807, 2.05) is 73.3 Å². The zero-order valence-corrected chi connectivity index (χ0v) is 30.3. The Morgan fingerprint density at radius 3 is 1.91 bits per heavy atom. The summed E-state index contributed by atoms with van der Waals surface area (Å²) in [6.45, 7) is 0. The number of nitriles is 2. The summed E-state index contributed by atoms with van der Waals surface area (Å²) in [5, 5.41) is 23.8. The van der Waals surface area contributed by atoms with Crippen molar-refractivity contribution in [2.24, 2.45) is 0 Å². The Morgan fingerprint density at radius 2 is 1.20 bits per heavy atom. The third kappa shape index (κ3) is 3.88. The fraction of sp³-hybridized carbons (Fsp3) is 0.0208. The zero-order valence-electron chi connectivity index (χ0n) is 29.5. The second-order valence-corrected chi connectivity index (χ2v) is 15.3. The number of pyridine rings is 3. The smallest absolute Gasteiger partial charge is 0.0991 e. The normalized spacial score (nSPS) is 13.4. The Morgan fingerprint density at radius 1 is 0.518 bits per heavy atom. The Kier molecular flexibility index (Phi) is 6.21. The van der Waals surface area contributed by atoms with Crippen molar-refractivity contribution in [1.29, 1.82) is 10.5 Å². The number of nitrogens with zero attached hydrogens (tertiary/aromatic N) is 7. The Labute approximate surface area is 324 Å². The summed E-state index contributed by atoms with van der Waals surface area (Å²) in [6.07, 6.45) is 7.57. The summed E-state index contributed by atoms with van der Waals surface area (Å²) < 4.78 is 4.63. The van der Waals surface area contributed by atoms with E-state index >= 15 is 0 Å². The highest BCUT2D eigenvalue weighted by Crippen LogP contribution is 2.63. The fourth-order valence-corrected chi connectivity index (χ4v) is 10.7. The molecule has 0 saturated carbocycles. The average Bonchev–Trinajstić information content (AvgIpc) is 3.87. The SMILES string of the molecule is N#Cc1ccc2c(c1)c1cc(C#N)ccc1n2-c1ccc2c(c1)Sc1cccc(-n3c4ccccc4c4ccncc43)c1C21c2cccnc2-c2ncccc21. The second-order valence-electron chi connectivity index (χ2n) is 14.3. The second kappa shape index (κ2) is 11.3. The third-order valence-electron chi connectivity index (χ3n) is 11.6. The van der Waals surface area contributed by atoms with Gasteiger partial charge in [-0.05, 0) is 102 Å². The van der Waals surface area contributed by atoms with E-state index in [9.17, 15) is 10.5 Å². The van der Waals surface area contributed by atoms with Crippen LogP contribution in [-0.4, -0.2) is 24.1 Å². The maximum atomic E-state index is 9.81. The van der Waals surface area contributed by atoms with E-state index < -0.39 is 5.41 Å². The molecule has 7 nitrogen and oxygen atoms in total. The van der Waals surface area contributed by atoms with Gasteiger partial charge in [0.15, 0.2) is 0 Å². The van der Waals surface area contributed by atoms with Gasteiger partial charge in [-0.2, -0.15) is 10.5 Å². The van der Waals surface area contributed by atoms with Crippen molar-refractivity contribution in [3.8, 4) is 34.9 Å². The number of para-hydroxylation sites is 1. The van der Waals surface area contributed by atoms with Gasteiger partial charge < -0.3 is 9.13 Å². The lowest BCUT2D eigenvalue weighted by molar-refractivity contribution is 0.712. The van der Waals surface area contributed by atoms with Gasteiger partial charge in [-0.25, -0.2) is 0 Å². The molecule has 2 aliphatic rings. The molecule has 5 aromatic heterocycles. The molecular weight excluding hydrogens is 707 g/mol. The predicted molar refractivity (Wildman–Crippen MR) is 219 cm³/mol. The summed E-state index contributed by atoms with van der Waals surface area (Å²) in [5.41, 5.74) is 12.9. The first-order chi connectivity index (χ1) is 27.7. The van der Waals surface area contributed by atoms with E-state index in [0.717, 1.165) is 87.5 Å². The molecule has 0 unspecified atom stereocenters. The Bertz CT molecular complexity index is 3280. The van der Waals surface area contributed by atoms with Gasteiger partial charge in [-0.15, -0.1) is 0 Å². The largest absolute Gasteiger partial charge is 0.309 e. The molecule has 0 bridgehead atoms. The maximum absolute atomic E-state index is 9.81. The number of hydrogen-bond acceptors (Lipinski definition) is 6. The van der Waals surface area contributed by atoms with Gasteiger partial charge in [0.05, 0.1) is 74.0 Å². The molecule has 6 heterocycles. The van der Waals surface area contributed by atoms with Gasteiger partial charge in [0, 0.05) is 61.2 Å². The molecule has 12 rings (SSSR count). The summed E-state index contributed by atoms with van der Waals surface area (Å²) in [5.74, 6) is 0. The molecule has 1 spiro atoms. The van der Waals surface area contributed by atoms with Crippen molar-refractivity contribution < 1.29 is 0 Å². The van der Waals surface area contributed by atoms with Crippen LogP contribution < -0.4 is 0 Å². The van der Waals surface area contributed by atoms with E-state index in [4.69, 9.17) is 9.97 Å². The highest BCUT2D eigenvalue weighted by atomic mass is 32.2. The van der Waals surface area contributed by atoms with Crippen LogP contribution in [-0.2, 0) is 5.41 Å². The van der Waals surface area contributed by atoms with Crippen molar-refractivity contribution >= 4 is 55.4 Å². The van der Waals surface area contributed by atoms with Crippen molar-refractivity contribution in [3.63, 3.8) is 0 Å². The molecule has 1 aliphatic carbocycles. The zero-order chi connectivity index (χ0) is 37.1. The lowest BCUT2D eigenvalue weighted by Crippen LogP contribution is -2.33. The average molecular weight is 732 g/mol. The number of rotatable bonds is 2. The third-order valence-corrected chi connectivity index (χ3v) is 12.7. The van der Waals surface area contributed by atoms with E-state index in [1.165, 1.54) is 10.9 Å². The summed E-state index contributed by atoms with van der Waals surface area (Å²) in [4.78, 5) is 16.9. The first-order valence-corrected chi connectivity index (χ1v) is 19.1. The molecule has 0 N–H and O–H groups in total. The summed E-state index contributed by atoms with van der Waals surface area (Å²) in [6, 6.07) is 48.8. The molecule has 1 aliphatic heterocycles. The van der Waals surface area contributed by atoms with Crippen LogP contribution >= 0.6 is 11.8 Å². The topological polar surface area (TPSA) is 96.1 Å². The van der Waals surface area contributed by atoms with Crippen LogP contribution in [0.5, 0.6) is 0 Å². The number of hydrogen-bond donors (Lipinski definition) is 0. The molecule has 10 aromatic rings. The van der Waals surface area contributed by atoms with Crippen LogP contribution in [0.25, 0.3) is 66.4 Å². The quantitative estimate of drug-likeness (QED) is 0.176. The van der Waals surface area contributed by atoms with Gasteiger partial charge in [-0.1, -0.05) is 54.2 Å². The first-order valence-electron chi connectivity index (χ1n) is 18.3. The minimum Gasteiger partial charge on any atom is -0.309 e. The Hall–Kier alpha value is -7.52. The van der Waals surface area contributed by atoms with Crippen molar-refractivity contribution in [3.05, 3.63) is 186 Å². The van der Waals surface area contributed by atoms with Crippen LogP contribution in [0.15, 0.2) is 162 Å². The van der Waals surface area contributed by atoms with Gasteiger partial charge in [-0.3, -0.25) is 15.0 Å². The molecule has 0 amide bonds. The van der Waals surface area contributed by atoms with E-state index in [1.54, 1.807) is 11.8 Å². The Balaban J connectivity index is 1.19. The number of aromatic nitrogens is 5. The maximum Gasteiger partial charge on any atom is 0.0991 e. The molecule has 0 atom stereocenters. The van der Waals surface area contributed by atoms with Crippen molar-refractivity contribution in [2.75, 3.05) is 0 Å². The molecule has 0 saturated heterocycles. The van der Waals surface area contributed by atoms with Crippen LogP contribution in [0.1, 0.15) is 33.4 Å². The van der Waals surface area contributed by atoms with Crippen LogP contribution in [0, 0.1) is 22.7 Å². The van der Waals surface area contributed by atoms with Crippen molar-refractivity contribution in [1.82, 2.24) is 24.1 Å². The molecule has 0 fully saturated rings. The molecule has 258 valence electrons. The number of benzene rings is 5. The van der Waals surface area contributed by atoms with E-state index in [2.05, 4.69) is 105 Å². The van der Waals surface area contributed by atoms with Gasteiger partial charge in [0.25, 0.3) is 0 Å². The van der Waals surface area contributed by atoms with Crippen molar-refractivity contribution in [2.45, 2.75) is 15.2 Å². The highest BCUT2D eigenvalue weighted by molar-refractivity contribution is 7.99. The molecule has 5 aromatic carbocycles. The van der Waals surface area contributed by atoms with Crippen LogP contribution in [0.4, 0.5) is 0 Å². The van der Waals surface area contributed by atoms with Gasteiger partial charge in [0.1, 0.15) is 0 Å². The molecule has 0 radical (unpaired) electrons. The predicted octanol–water partition coefficient (Wildman–Crippen LogP) is 10.6. The molecule has 8 heteroatoms. The minimum atomic E-state index is -0.748. The number of fused-ring (bicyclic) bond motifs is 15. The summed E-state index contributed by atoms with van der Waals surface area (Å²) >= 11 is 1.78. The van der Waals surface area contributed by atoms with Crippen LogP contribution in [0.2, 0.25) is 0 Å². The molecule has 56 heavy (non-hydrogen) atoms. The lowest BCUT2D eigenvalue weighted by Gasteiger charge is -2.41. The van der Waals surface area contributed by atoms with Gasteiger partial charge in [0.2, 0.25) is 0 Å². The fourth-order valence-electron chi connectivity index (χ4n) is 9.48.